The molecule has 2 aliphatic heterocycles. The summed E-state index contributed by atoms with van der Waals surface area (Å²) in [6, 6.07) is 0. The van der Waals surface area contributed by atoms with Gasteiger partial charge in [0.05, 0.1) is 26.8 Å². The third-order valence-corrected chi connectivity index (χ3v) is 6.95. The third kappa shape index (κ3) is 3.26. The van der Waals surface area contributed by atoms with Crippen molar-refractivity contribution < 1.29 is 23.9 Å². The van der Waals surface area contributed by atoms with Gasteiger partial charge in [0.25, 0.3) is 0 Å². The molecule has 1 saturated carbocycles. The number of hydrogen-bond donors (Lipinski definition) is 1. The molecule has 25 heavy (non-hydrogen) atoms. The maximum Gasteiger partial charge on any atom is 0.315 e. The van der Waals surface area contributed by atoms with Crippen molar-refractivity contribution >= 4 is 5.97 Å². The highest BCUT2D eigenvalue weighted by molar-refractivity contribution is 5.75. The molecule has 5 nitrogen and oxygen atoms in total. The average Bonchev–Trinajstić information content (AvgIpc) is 3.14. The van der Waals surface area contributed by atoms with Crippen molar-refractivity contribution in [3.8, 4) is 0 Å². The quantitative estimate of drug-likeness (QED) is 0.614. The summed E-state index contributed by atoms with van der Waals surface area (Å²) in [4.78, 5) is 13.9. The summed E-state index contributed by atoms with van der Waals surface area (Å²) in [7, 11) is 2.13. The van der Waals surface area contributed by atoms with Crippen molar-refractivity contribution in [3.05, 3.63) is 11.1 Å². The normalized spacial score (nSPS) is 40.0. The molecule has 0 radical (unpaired) electrons. The molecule has 5 atom stereocenters. The first kappa shape index (κ1) is 17.5. The topological polar surface area (TPSA) is 49.2 Å². The Kier molecular flexibility index (Phi) is 4.67. The Labute approximate surface area is 150 Å². The average molecular weight is 350 g/mol. The number of fused-ring (bicyclic) bond motifs is 2. The molecule has 4 rings (SSSR count). The van der Waals surface area contributed by atoms with Crippen LogP contribution < -0.4 is 4.90 Å². The number of ether oxygens (including phenoxy) is 3. The van der Waals surface area contributed by atoms with E-state index in [9.17, 15) is 4.79 Å². The zero-order valence-electron chi connectivity index (χ0n) is 15.8. The van der Waals surface area contributed by atoms with Crippen LogP contribution in [0.15, 0.2) is 11.1 Å². The van der Waals surface area contributed by atoms with Crippen LogP contribution in [-0.4, -0.2) is 51.7 Å². The molecule has 2 heterocycles. The number of esters is 1. The van der Waals surface area contributed by atoms with Crippen LogP contribution in [0.4, 0.5) is 0 Å². The van der Waals surface area contributed by atoms with Crippen molar-refractivity contribution in [2.75, 3.05) is 33.4 Å². The van der Waals surface area contributed by atoms with Gasteiger partial charge in [-0.25, -0.2) is 0 Å². The van der Waals surface area contributed by atoms with E-state index in [0.29, 0.717) is 19.1 Å². The molecule has 0 aromatic carbocycles. The monoisotopic (exact) mass is 350 g/mol. The minimum Gasteiger partial charge on any atom is -0.462 e. The number of likely N-dealkylation sites (N-methyl/N-ethyl adjacent to an activating group) is 1. The standard InChI is InChI=1S/C20H31NO4/c1-13-5-4-6-20(2)10-17-14(9-16(13)20)15(19(22)25-17)11-21(3)12-18-23-7-8-24-18/h14-15,17-18H,4-12H2,1-3H3/p+1/t14-,15-,17-,20-/m1/s1. The Morgan fingerprint density at radius 2 is 2.00 bits per heavy atom. The van der Waals surface area contributed by atoms with Crippen LogP contribution in [0.3, 0.4) is 0 Å². The van der Waals surface area contributed by atoms with E-state index in [-0.39, 0.29) is 29.7 Å². The highest BCUT2D eigenvalue weighted by Crippen LogP contribution is 2.54. The molecule has 2 saturated heterocycles. The van der Waals surface area contributed by atoms with Crippen LogP contribution in [0.1, 0.15) is 46.0 Å². The van der Waals surface area contributed by atoms with Gasteiger partial charge in [0, 0.05) is 5.92 Å². The van der Waals surface area contributed by atoms with Gasteiger partial charge in [-0.05, 0) is 44.4 Å². The van der Waals surface area contributed by atoms with Gasteiger partial charge in [-0.3, -0.25) is 4.79 Å². The fraction of sp³-hybridized carbons (Fsp3) is 0.850. The van der Waals surface area contributed by atoms with Crippen LogP contribution >= 0.6 is 0 Å². The second kappa shape index (κ2) is 6.67. The first-order valence-electron chi connectivity index (χ1n) is 9.90. The van der Waals surface area contributed by atoms with Crippen LogP contribution in [0.2, 0.25) is 0 Å². The van der Waals surface area contributed by atoms with E-state index in [0.717, 1.165) is 25.9 Å². The van der Waals surface area contributed by atoms with Crippen molar-refractivity contribution in [1.82, 2.24) is 0 Å². The maximum atomic E-state index is 12.6. The van der Waals surface area contributed by atoms with E-state index in [4.69, 9.17) is 14.2 Å². The number of nitrogens with one attached hydrogen (secondary N) is 1. The molecule has 0 spiro atoms. The summed E-state index contributed by atoms with van der Waals surface area (Å²) in [5.74, 6) is 0.380. The minimum atomic E-state index is -0.119. The first-order chi connectivity index (χ1) is 12.0. The van der Waals surface area contributed by atoms with E-state index in [1.165, 1.54) is 24.2 Å². The summed E-state index contributed by atoms with van der Waals surface area (Å²) in [6.07, 6.45) is 5.80. The lowest BCUT2D eigenvalue weighted by Gasteiger charge is -2.45. The Hall–Kier alpha value is -0.910. The van der Waals surface area contributed by atoms with Gasteiger partial charge in [-0.2, -0.15) is 0 Å². The lowest BCUT2D eigenvalue weighted by Crippen LogP contribution is -3.11. The Balaban J connectivity index is 1.46. The number of allylic oxidation sites excluding steroid dienone is 2. The highest BCUT2D eigenvalue weighted by Gasteiger charge is 2.53. The Bertz CT molecular complexity index is 568. The van der Waals surface area contributed by atoms with Crippen molar-refractivity contribution in [2.24, 2.45) is 17.3 Å². The molecule has 1 unspecified atom stereocenters. The van der Waals surface area contributed by atoms with Gasteiger partial charge in [0.15, 0.2) is 0 Å². The number of rotatable bonds is 4. The second-order valence-corrected chi connectivity index (χ2v) is 8.86. The van der Waals surface area contributed by atoms with E-state index in [2.05, 4.69) is 20.9 Å². The summed E-state index contributed by atoms with van der Waals surface area (Å²) in [5.41, 5.74) is 3.45. The molecule has 1 N–H and O–H groups in total. The molecule has 0 bridgehead atoms. The second-order valence-electron chi connectivity index (χ2n) is 8.86. The van der Waals surface area contributed by atoms with Crippen LogP contribution in [0.5, 0.6) is 0 Å². The lowest BCUT2D eigenvalue weighted by atomic mass is 9.59. The summed E-state index contributed by atoms with van der Waals surface area (Å²) < 4.78 is 17.0. The van der Waals surface area contributed by atoms with Crippen molar-refractivity contribution in [2.45, 2.75) is 58.3 Å². The van der Waals surface area contributed by atoms with E-state index in [1.807, 2.05) is 0 Å². The van der Waals surface area contributed by atoms with Crippen molar-refractivity contribution in [1.29, 1.82) is 0 Å². The first-order valence-corrected chi connectivity index (χ1v) is 9.90. The molecular weight excluding hydrogens is 318 g/mol. The molecule has 0 aromatic rings. The van der Waals surface area contributed by atoms with Crippen molar-refractivity contribution in [3.63, 3.8) is 0 Å². The lowest BCUT2D eigenvalue weighted by molar-refractivity contribution is -0.888. The van der Waals surface area contributed by atoms with E-state index < -0.39 is 0 Å². The fourth-order valence-electron chi connectivity index (χ4n) is 5.61. The fourth-order valence-corrected chi connectivity index (χ4v) is 5.61. The van der Waals surface area contributed by atoms with Crippen LogP contribution in [0.25, 0.3) is 0 Å². The largest absolute Gasteiger partial charge is 0.462 e. The smallest absolute Gasteiger partial charge is 0.315 e. The number of carbonyl (C=O) groups is 1. The van der Waals surface area contributed by atoms with Gasteiger partial charge in [-0.15, -0.1) is 0 Å². The number of hydrogen-bond acceptors (Lipinski definition) is 4. The van der Waals surface area contributed by atoms with E-state index in [1.54, 1.807) is 11.1 Å². The molecule has 0 amide bonds. The summed E-state index contributed by atoms with van der Waals surface area (Å²) in [6.45, 7) is 7.65. The van der Waals surface area contributed by atoms with Gasteiger partial charge >= 0.3 is 5.97 Å². The predicted molar refractivity (Wildman–Crippen MR) is 93.1 cm³/mol. The van der Waals surface area contributed by atoms with Gasteiger partial charge in [-0.1, -0.05) is 18.1 Å². The summed E-state index contributed by atoms with van der Waals surface area (Å²) >= 11 is 0. The Morgan fingerprint density at radius 1 is 1.24 bits per heavy atom. The zero-order valence-corrected chi connectivity index (χ0v) is 15.8. The molecule has 2 aliphatic carbocycles. The van der Waals surface area contributed by atoms with Gasteiger partial charge in [0.1, 0.15) is 18.6 Å². The SMILES string of the molecule is CC1=C2C[C@H]3[C@@H](C[C@@]2(C)CCC1)OC(=O)[C@@H]3C[NH+](C)CC1OCCO1. The predicted octanol–water partition coefficient (Wildman–Crippen LogP) is 1.33. The number of carbonyl (C=O) groups excluding carboxylic acids is 1. The van der Waals surface area contributed by atoms with Gasteiger partial charge in [0.2, 0.25) is 6.29 Å². The Morgan fingerprint density at radius 3 is 2.76 bits per heavy atom. The number of quaternary nitrogens is 1. The van der Waals surface area contributed by atoms with E-state index >= 15 is 0 Å². The van der Waals surface area contributed by atoms with Crippen LogP contribution in [0, 0.1) is 17.3 Å². The van der Waals surface area contributed by atoms with Crippen LogP contribution in [-0.2, 0) is 19.0 Å². The molecule has 3 fully saturated rings. The summed E-state index contributed by atoms with van der Waals surface area (Å²) in [5, 5.41) is 0. The van der Waals surface area contributed by atoms with Gasteiger partial charge < -0.3 is 19.1 Å². The molecule has 4 aliphatic rings. The highest BCUT2D eigenvalue weighted by atomic mass is 16.7. The molecule has 5 heteroatoms. The molecule has 140 valence electrons. The minimum absolute atomic E-state index is 0.0122. The maximum absolute atomic E-state index is 12.6. The molecular formula is C20H32NO4+. The molecule has 0 aromatic heterocycles. The zero-order chi connectivity index (χ0) is 17.6. The third-order valence-electron chi connectivity index (χ3n) is 6.95.